The Morgan fingerprint density at radius 3 is 2.68 bits per heavy atom. The van der Waals surface area contributed by atoms with E-state index >= 15 is 0 Å². The van der Waals surface area contributed by atoms with Crippen LogP contribution in [0.5, 0.6) is 0 Å². The molecule has 1 unspecified atom stereocenters. The second-order valence-electron chi connectivity index (χ2n) is 5.48. The quantitative estimate of drug-likeness (QED) is 0.683. The van der Waals surface area contributed by atoms with Gasteiger partial charge in [-0.15, -0.1) is 0 Å². The van der Waals surface area contributed by atoms with Crippen molar-refractivity contribution in [1.29, 1.82) is 0 Å². The van der Waals surface area contributed by atoms with E-state index in [2.05, 4.69) is 10.6 Å². The van der Waals surface area contributed by atoms with Crippen LogP contribution in [0.1, 0.15) is 51.9 Å². The molecule has 0 bridgehead atoms. The first-order valence-electron chi connectivity index (χ1n) is 7.34. The van der Waals surface area contributed by atoms with E-state index < -0.39 is 11.6 Å². The molecular weight excluding hydrogens is 240 g/mol. The second-order valence-corrected chi connectivity index (χ2v) is 5.48. The molecule has 0 aromatic carbocycles. The summed E-state index contributed by atoms with van der Waals surface area (Å²) in [6.45, 7) is 2.02. The molecule has 0 amide bonds. The second kappa shape index (κ2) is 6.24. The average molecular weight is 264 g/mol. The molecule has 1 aliphatic heterocycles. The highest BCUT2D eigenvalue weighted by Crippen LogP contribution is 2.26. The summed E-state index contributed by atoms with van der Waals surface area (Å²) in [7, 11) is 0. The van der Waals surface area contributed by atoms with Gasteiger partial charge in [0.15, 0.2) is 0 Å². The Bertz CT molecular complexity index is 382. The van der Waals surface area contributed by atoms with Crippen molar-refractivity contribution in [2.45, 2.75) is 63.6 Å². The highest BCUT2D eigenvalue weighted by molar-refractivity contribution is 5.90. The summed E-state index contributed by atoms with van der Waals surface area (Å²) in [6.07, 6.45) is 13.3. The molecule has 1 aliphatic carbocycles. The van der Waals surface area contributed by atoms with Crippen LogP contribution in [0.25, 0.3) is 0 Å². The van der Waals surface area contributed by atoms with Crippen LogP contribution in [0.3, 0.4) is 0 Å². The van der Waals surface area contributed by atoms with E-state index in [1.807, 2.05) is 13.1 Å². The molecule has 19 heavy (non-hydrogen) atoms. The largest absolute Gasteiger partial charge is 0.478 e. The summed E-state index contributed by atoms with van der Waals surface area (Å²) in [5, 5.41) is 16.2. The maximum absolute atomic E-state index is 11.5. The number of hydrogen-bond donors (Lipinski definition) is 3. The molecule has 1 heterocycles. The lowest BCUT2D eigenvalue weighted by Crippen LogP contribution is -2.61. The molecule has 1 atom stereocenters. The van der Waals surface area contributed by atoms with Gasteiger partial charge in [0.25, 0.3) is 0 Å². The van der Waals surface area contributed by atoms with Gasteiger partial charge >= 0.3 is 5.97 Å². The summed E-state index contributed by atoms with van der Waals surface area (Å²) in [5.41, 5.74) is -0.197. The van der Waals surface area contributed by atoms with Crippen LogP contribution in [0, 0.1) is 0 Å². The van der Waals surface area contributed by atoms with Crippen LogP contribution in [0.4, 0.5) is 0 Å². The molecule has 106 valence electrons. The molecule has 4 heteroatoms. The normalized spacial score (nSPS) is 28.4. The molecule has 1 fully saturated rings. The van der Waals surface area contributed by atoms with E-state index in [1.165, 1.54) is 25.7 Å². The van der Waals surface area contributed by atoms with E-state index in [0.29, 0.717) is 18.0 Å². The summed E-state index contributed by atoms with van der Waals surface area (Å²) >= 11 is 0. The number of carbonyl (C=O) groups is 1. The van der Waals surface area contributed by atoms with Crippen molar-refractivity contribution in [2.75, 3.05) is 0 Å². The molecule has 0 aromatic heterocycles. The van der Waals surface area contributed by atoms with E-state index in [9.17, 15) is 9.90 Å². The van der Waals surface area contributed by atoms with Crippen LogP contribution >= 0.6 is 0 Å². The van der Waals surface area contributed by atoms with Crippen molar-refractivity contribution in [3.63, 3.8) is 0 Å². The highest BCUT2D eigenvalue weighted by Gasteiger charge is 2.38. The fourth-order valence-corrected chi connectivity index (χ4v) is 3.09. The lowest BCUT2D eigenvalue weighted by atomic mass is 9.91. The summed E-state index contributed by atoms with van der Waals surface area (Å²) in [6, 6.07) is 0.407. The molecule has 4 nitrogen and oxygen atoms in total. The highest BCUT2D eigenvalue weighted by atomic mass is 16.4. The van der Waals surface area contributed by atoms with Crippen molar-refractivity contribution >= 4 is 5.97 Å². The van der Waals surface area contributed by atoms with Crippen LogP contribution in [-0.4, -0.2) is 22.8 Å². The van der Waals surface area contributed by atoms with Crippen LogP contribution in [0.2, 0.25) is 0 Å². The van der Waals surface area contributed by atoms with Crippen molar-refractivity contribution < 1.29 is 9.90 Å². The first-order chi connectivity index (χ1) is 9.18. The van der Waals surface area contributed by atoms with Gasteiger partial charge in [-0.25, -0.2) is 4.79 Å². The maximum Gasteiger partial charge on any atom is 0.335 e. The van der Waals surface area contributed by atoms with Crippen LogP contribution < -0.4 is 10.6 Å². The van der Waals surface area contributed by atoms with Crippen molar-refractivity contribution in [1.82, 2.24) is 10.6 Å². The van der Waals surface area contributed by atoms with Gasteiger partial charge in [-0.2, -0.15) is 0 Å². The van der Waals surface area contributed by atoms with Crippen molar-refractivity contribution in [2.24, 2.45) is 0 Å². The van der Waals surface area contributed by atoms with Crippen LogP contribution in [-0.2, 0) is 4.79 Å². The Morgan fingerprint density at radius 2 is 2.11 bits per heavy atom. The summed E-state index contributed by atoms with van der Waals surface area (Å²) in [5.74, 6) is -0.847. The lowest BCUT2D eigenvalue weighted by molar-refractivity contribution is -0.133. The van der Waals surface area contributed by atoms with Gasteiger partial charge < -0.3 is 10.4 Å². The zero-order chi connectivity index (χ0) is 13.7. The number of carboxylic acids is 1. The lowest BCUT2D eigenvalue weighted by Gasteiger charge is -2.39. The number of carboxylic acid groups (broad SMARTS) is 1. The smallest absolute Gasteiger partial charge is 0.335 e. The van der Waals surface area contributed by atoms with Crippen molar-refractivity contribution in [3.05, 3.63) is 23.9 Å². The monoisotopic (exact) mass is 264 g/mol. The molecule has 0 radical (unpaired) electrons. The van der Waals surface area contributed by atoms with E-state index in [4.69, 9.17) is 0 Å². The summed E-state index contributed by atoms with van der Waals surface area (Å²) < 4.78 is 0. The number of allylic oxidation sites excluding steroid dienone is 2. The van der Waals surface area contributed by atoms with Crippen LogP contribution in [0.15, 0.2) is 23.9 Å². The number of rotatable bonds is 4. The number of nitrogens with one attached hydrogen (secondary N) is 2. The molecule has 0 aromatic rings. The first-order valence-corrected chi connectivity index (χ1v) is 7.34. The fourth-order valence-electron chi connectivity index (χ4n) is 3.09. The number of aliphatic carboxylic acids is 1. The minimum absolute atomic E-state index is 0.407. The van der Waals surface area contributed by atoms with E-state index in [1.54, 1.807) is 12.2 Å². The van der Waals surface area contributed by atoms with Gasteiger partial charge in [-0.3, -0.25) is 5.32 Å². The third-order valence-electron chi connectivity index (χ3n) is 4.22. The predicted octanol–water partition coefficient (Wildman–Crippen LogP) is 2.53. The van der Waals surface area contributed by atoms with Gasteiger partial charge in [0.1, 0.15) is 5.66 Å². The Balaban J connectivity index is 2.14. The topological polar surface area (TPSA) is 61.4 Å². The van der Waals surface area contributed by atoms with E-state index in [0.717, 1.165) is 12.8 Å². The number of dihydropyridines is 1. The SMILES string of the molecule is CCC1(NC2CCCCCC2)NC=CC=C1C(=O)O. The Labute approximate surface area is 115 Å². The molecule has 0 spiro atoms. The van der Waals surface area contributed by atoms with Gasteiger partial charge in [0.05, 0.1) is 5.57 Å². The Hall–Kier alpha value is -1.29. The number of hydrogen-bond acceptors (Lipinski definition) is 3. The van der Waals surface area contributed by atoms with E-state index in [-0.39, 0.29) is 0 Å². The standard InChI is InChI=1S/C15H24N2O2/c1-2-15(13(14(18)19)10-7-11-16-15)17-12-8-5-3-4-6-9-12/h7,10-12,16-17H,2-6,8-9H2,1H3,(H,18,19). The van der Waals surface area contributed by atoms with Gasteiger partial charge in [0.2, 0.25) is 0 Å². The van der Waals surface area contributed by atoms with Crippen molar-refractivity contribution in [3.8, 4) is 0 Å². The molecule has 1 saturated carbocycles. The Morgan fingerprint density at radius 1 is 1.42 bits per heavy atom. The van der Waals surface area contributed by atoms with Gasteiger partial charge in [-0.1, -0.05) is 32.6 Å². The Kier molecular flexibility index (Phi) is 4.64. The maximum atomic E-state index is 11.5. The zero-order valence-corrected chi connectivity index (χ0v) is 11.6. The molecular formula is C15H24N2O2. The third kappa shape index (κ3) is 3.18. The molecule has 3 N–H and O–H groups in total. The molecule has 2 rings (SSSR count). The third-order valence-corrected chi connectivity index (χ3v) is 4.22. The molecule has 2 aliphatic rings. The summed E-state index contributed by atoms with van der Waals surface area (Å²) in [4.78, 5) is 11.5. The van der Waals surface area contributed by atoms with Gasteiger partial charge in [-0.05, 0) is 37.6 Å². The first kappa shape index (κ1) is 14.1. The minimum atomic E-state index is -0.847. The minimum Gasteiger partial charge on any atom is -0.478 e. The molecule has 0 saturated heterocycles. The fraction of sp³-hybridized carbons (Fsp3) is 0.667. The van der Waals surface area contributed by atoms with Gasteiger partial charge in [0, 0.05) is 6.04 Å². The average Bonchev–Trinajstić information content (AvgIpc) is 2.67. The zero-order valence-electron chi connectivity index (χ0n) is 11.6. The predicted molar refractivity (Wildman–Crippen MR) is 75.6 cm³/mol.